The Kier molecular flexibility index (Phi) is 3.39. The van der Waals surface area contributed by atoms with Crippen LogP contribution >= 0.6 is 0 Å². The van der Waals surface area contributed by atoms with Crippen LogP contribution in [-0.2, 0) is 6.42 Å². The van der Waals surface area contributed by atoms with Crippen molar-refractivity contribution in [2.45, 2.75) is 12.5 Å². The topological polar surface area (TPSA) is 70.8 Å². The number of carbonyl (C=O) groups excluding carboxylic acids is 1. The summed E-state index contributed by atoms with van der Waals surface area (Å²) in [5.74, 6) is 1.89. The number of methoxy groups -OCH3 is 1. The number of primary amides is 1. The van der Waals surface area contributed by atoms with E-state index >= 15 is 0 Å². The Labute approximate surface area is 122 Å². The van der Waals surface area contributed by atoms with Crippen LogP contribution in [0, 0.1) is 0 Å². The smallest absolute Gasteiger partial charge is 0.409 e. The maximum absolute atomic E-state index is 10.8. The summed E-state index contributed by atoms with van der Waals surface area (Å²) in [5.41, 5.74) is 7.12. The Morgan fingerprint density at radius 1 is 1.24 bits per heavy atom. The van der Waals surface area contributed by atoms with Crippen molar-refractivity contribution in [2.24, 2.45) is 5.73 Å². The first kappa shape index (κ1) is 13.3. The zero-order valence-electron chi connectivity index (χ0n) is 11.5. The van der Waals surface area contributed by atoms with Crippen molar-refractivity contribution >= 4 is 6.09 Å². The second-order valence-corrected chi connectivity index (χ2v) is 4.78. The highest BCUT2D eigenvalue weighted by molar-refractivity contribution is 5.68. The molecular formula is C16H15NO4. The summed E-state index contributed by atoms with van der Waals surface area (Å²) >= 11 is 0. The van der Waals surface area contributed by atoms with Crippen LogP contribution in [0.3, 0.4) is 0 Å². The van der Waals surface area contributed by atoms with Crippen LogP contribution in [-0.4, -0.2) is 13.2 Å². The summed E-state index contributed by atoms with van der Waals surface area (Å²) in [6.07, 6.45) is -0.143. The van der Waals surface area contributed by atoms with Gasteiger partial charge >= 0.3 is 6.09 Å². The minimum atomic E-state index is -0.836. The van der Waals surface area contributed by atoms with E-state index in [1.54, 1.807) is 19.2 Å². The Balaban J connectivity index is 1.82. The molecule has 3 rings (SSSR count). The van der Waals surface area contributed by atoms with E-state index < -0.39 is 6.09 Å². The highest BCUT2D eigenvalue weighted by Crippen LogP contribution is 2.39. The summed E-state index contributed by atoms with van der Waals surface area (Å²) in [5, 5.41) is 0. The Morgan fingerprint density at radius 3 is 2.86 bits per heavy atom. The van der Waals surface area contributed by atoms with Gasteiger partial charge in [0.15, 0.2) is 0 Å². The number of amides is 1. The first-order valence-corrected chi connectivity index (χ1v) is 6.56. The Bertz CT molecular complexity index is 684. The van der Waals surface area contributed by atoms with Gasteiger partial charge in [-0.05, 0) is 29.3 Å². The van der Waals surface area contributed by atoms with Gasteiger partial charge in [0.2, 0.25) is 0 Å². The fraction of sp³-hybridized carbons (Fsp3) is 0.188. The van der Waals surface area contributed by atoms with Gasteiger partial charge in [0.25, 0.3) is 0 Å². The van der Waals surface area contributed by atoms with Gasteiger partial charge in [-0.25, -0.2) is 4.79 Å². The molecule has 21 heavy (non-hydrogen) atoms. The molecule has 2 aromatic rings. The van der Waals surface area contributed by atoms with Crippen molar-refractivity contribution in [1.29, 1.82) is 0 Å². The molecule has 0 aliphatic carbocycles. The molecule has 2 aromatic carbocycles. The third-order valence-electron chi connectivity index (χ3n) is 3.40. The van der Waals surface area contributed by atoms with Crippen molar-refractivity contribution < 1.29 is 19.0 Å². The number of fused-ring (bicyclic) bond motifs is 1. The minimum Gasteiger partial charge on any atom is -0.497 e. The zero-order valence-corrected chi connectivity index (χ0v) is 11.5. The summed E-state index contributed by atoms with van der Waals surface area (Å²) in [6.45, 7) is 0. The summed E-state index contributed by atoms with van der Waals surface area (Å²) in [4.78, 5) is 10.8. The zero-order chi connectivity index (χ0) is 14.8. The molecule has 1 atom stereocenters. The lowest BCUT2D eigenvalue weighted by Gasteiger charge is -2.12. The van der Waals surface area contributed by atoms with Gasteiger partial charge in [0.05, 0.1) is 7.11 Å². The highest BCUT2D eigenvalue weighted by Gasteiger charge is 2.25. The van der Waals surface area contributed by atoms with Crippen LogP contribution in [0.2, 0.25) is 0 Å². The standard InChI is InChI=1S/C16H15NO4/c1-19-12-4-2-3-10(7-12)14-8-11-5-6-13(20-16(17)18)9-15(11)21-14/h2-7,9,14H,8H2,1H3,(H2,17,18)/t14-/m0/s1. The first-order valence-electron chi connectivity index (χ1n) is 6.56. The van der Waals surface area contributed by atoms with Gasteiger partial charge in [0, 0.05) is 12.5 Å². The van der Waals surface area contributed by atoms with Gasteiger partial charge < -0.3 is 19.9 Å². The molecule has 2 N–H and O–H groups in total. The number of hydrogen-bond acceptors (Lipinski definition) is 4. The fourth-order valence-electron chi connectivity index (χ4n) is 2.42. The molecule has 1 aliphatic rings. The average Bonchev–Trinajstić information content (AvgIpc) is 2.90. The molecule has 1 heterocycles. The molecule has 0 saturated heterocycles. The average molecular weight is 285 g/mol. The molecular weight excluding hydrogens is 270 g/mol. The van der Waals surface area contributed by atoms with Crippen molar-refractivity contribution in [3.63, 3.8) is 0 Å². The van der Waals surface area contributed by atoms with E-state index in [9.17, 15) is 4.79 Å². The van der Waals surface area contributed by atoms with Crippen LogP contribution in [0.25, 0.3) is 0 Å². The van der Waals surface area contributed by atoms with Gasteiger partial charge in [-0.2, -0.15) is 0 Å². The van der Waals surface area contributed by atoms with Crippen LogP contribution < -0.4 is 19.9 Å². The SMILES string of the molecule is COc1cccc([C@@H]2Cc3ccc(OC(N)=O)cc3O2)c1. The molecule has 0 bridgehead atoms. The molecule has 0 radical (unpaired) electrons. The molecule has 108 valence electrons. The highest BCUT2D eigenvalue weighted by atomic mass is 16.5. The van der Waals surface area contributed by atoms with Crippen LogP contribution in [0.4, 0.5) is 4.79 Å². The van der Waals surface area contributed by atoms with Crippen molar-refractivity contribution in [3.8, 4) is 17.2 Å². The predicted molar refractivity (Wildman–Crippen MR) is 76.7 cm³/mol. The molecule has 5 nitrogen and oxygen atoms in total. The van der Waals surface area contributed by atoms with E-state index in [2.05, 4.69) is 0 Å². The second-order valence-electron chi connectivity index (χ2n) is 4.78. The fourth-order valence-corrected chi connectivity index (χ4v) is 2.42. The van der Waals surface area contributed by atoms with Crippen LogP contribution in [0.5, 0.6) is 17.2 Å². The predicted octanol–water partition coefficient (Wildman–Crippen LogP) is 2.83. The van der Waals surface area contributed by atoms with Gasteiger partial charge in [-0.15, -0.1) is 0 Å². The molecule has 0 aromatic heterocycles. The van der Waals surface area contributed by atoms with Gasteiger partial charge in [-0.3, -0.25) is 0 Å². The monoisotopic (exact) mass is 285 g/mol. The summed E-state index contributed by atoms with van der Waals surface area (Å²) in [7, 11) is 1.64. The van der Waals surface area contributed by atoms with Gasteiger partial charge in [-0.1, -0.05) is 18.2 Å². The van der Waals surface area contributed by atoms with E-state index in [4.69, 9.17) is 19.9 Å². The quantitative estimate of drug-likeness (QED) is 0.941. The number of carbonyl (C=O) groups is 1. The lowest BCUT2D eigenvalue weighted by Crippen LogP contribution is -2.16. The maximum Gasteiger partial charge on any atom is 0.409 e. The van der Waals surface area contributed by atoms with E-state index in [0.29, 0.717) is 11.5 Å². The molecule has 0 fully saturated rings. The minimum absolute atomic E-state index is 0.0704. The lowest BCUT2D eigenvalue weighted by molar-refractivity contribution is 0.210. The first-order chi connectivity index (χ1) is 10.2. The molecule has 5 heteroatoms. The van der Waals surface area contributed by atoms with E-state index in [1.807, 2.05) is 30.3 Å². The third-order valence-corrected chi connectivity index (χ3v) is 3.40. The molecule has 1 amide bonds. The number of nitrogens with two attached hydrogens (primary N) is 1. The largest absolute Gasteiger partial charge is 0.497 e. The summed E-state index contributed by atoms with van der Waals surface area (Å²) < 4.78 is 16.0. The van der Waals surface area contributed by atoms with Crippen LogP contribution in [0.15, 0.2) is 42.5 Å². The van der Waals surface area contributed by atoms with Gasteiger partial charge in [0.1, 0.15) is 23.4 Å². The van der Waals surface area contributed by atoms with E-state index in [-0.39, 0.29) is 6.10 Å². The molecule has 1 aliphatic heterocycles. The van der Waals surface area contributed by atoms with E-state index in [0.717, 1.165) is 23.3 Å². The molecule has 0 spiro atoms. The normalized spacial score (nSPS) is 16.0. The lowest BCUT2D eigenvalue weighted by atomic mass is 10.0. The van der Waals surface area contributed by atoms with Crippen molar-refractivity contribution in [3.05, 3.63) is 53.6 Å². The van der Waals surface area contributed by atoms with E-state index in [1.165, 1.54) is 0 Å². The molecule has 0 saturated carbocycles. The Morgan fingerprint density at radius 2 is 2.10 bits per heavy atom. The number of hydrogen-bond donors (Lipinski definition) is 1. The number of ether oxygens (including phenoxy) is 3. The number of rotatable bonds is 3. The van der Waals surface area contributed by atoms with Crippen molar-refractivity contribution in [2.75, 3.05) is 7.11 Å². The van der Waals surface area contributed by atoms with Crippen molar-refractivity contribution in [1.82, 2.24) is 0 Å². The summed E-state index contributed by atoms with van der Waals surface area (Å²) in [6, 6.07) is 13.1. The Hall–Kier alpha value is -2.69. The second kappa shape index (κ2) is 5.36. The maximum atomic E-state index is 10.8. The number of benzene rings is 2. The third kappa shape index (κ3) is 2.76. The molecule has 0 unspecified atom stereocenters. The van der Waals surface area contributed by atoms with Crippen LogP contribution in [0.1, 0.15) is 17.2 Å².